The van der Waals surface area contributed by atoms with E-state index in [4.69, 9.17) is 23.3 Å². The number of unbranched alkanes of at least 4 members (excludes halogenated alkanes) is 2. The molecule has 0 radical (unpaired) electrons. The first-order valence-corrected chi connectivity index (χ1v) is 17.8. The van der Waals surface area contributed by atoms with Gasteiger partial charge < -0.3 is 28.9 Å². The van der Waals surface area contributed by atoms with Crippen LogP contribution in [0.15, 0.2) is 79.1 Å². The van der Waals surface area contributed by atoms with E-state index >= 15 is 0 Å². The van der Waals surface area contributed by atoms with Crippen LogP contribution in [0.2, 0.25) is 0 Å². The molecular formula is C34H39N6O10P. The summed E-state index contributed by atoms with van der Waals surface area (Å²) in [5.74, 6) is -0.526. The molecule has 51 heavy (non-hydrogen) atoms. The Morgan fingerprint density at radius 3 is 2.51 bits per heavy atom. The fourth-order valence-electron chi connectivity index (χ4n) is 5.30. The Kier molecular flexibility index (Phi) is 12.4. The van der Waals surface area contributed by atoms with Gasteiger partial charge in [-0.05, 0) is 43.2 Å². The Balaban J connectivity index is 1.31. The minimum Gasteiger partial charge on any atom is -0.460 e. The van der Waals surface area contributed by atoms with Crippen molar-refractivity contribution in [2.45, 2.75) is 69.7 Å². The summed E-state index contributed by atoms with van der Waals surface area (Å²) in [6.45, 7) is 2.99. The van der Waals surface area contributed by atoms with E-state index in [1.807, 2.05) is 19.1 Å². The van der Waals surface area contributed by atoms with Gasteiger partial charge in [0.2, 0.25) is 5.60 Å². The van der Waals surface area contributed by atoms with E-state index in [1.54, 1.807) is 42.5 Å². The molecular weight excluding hydrogens is 683 g/mol. The highest BCUT2D eigenvalue weighted by atomic mass is 31.2. The van der Waals surface area contributed by atoms with Gasteiger partial charge in [0.15, 0.2) is 5.82 Å². The van der Waals surface area contributed by atoms with Crippen molar-refractivity contribution in [1.29, 1.82) is 5.26 Å². The van der Waals surface area contributed by atoms with E-state index in [9.17, 15) is 29.6 Å². The first-order valence-electron chi connectivity index (χ1n) is 16.3. The maximum atomic E-state index is 14.1. The number of aliphatic hydroxyl groups excluding tert-OH is 2. The Morgan fingerprint density at radius 2 is 1.80 bits per heavy atom. The number of amides is 1. The maximum Gasteiger partial charge on any atom is 0.459 e. The summed E-state index contributed by atoms with van der Waals surface area (Å²) >= 11 is 0. The van der Waals surface area contributed by atoms with Crippen LogP contribution in [0.4, 0.5) is 10.6 Å². The van der Waals surface area contributed by atoms with E-state index in [2.05, 4.69) is 20.5 Å². The lowest BCUT2D eigenvalue weighted by Crippen LogP contribution is -2.41. The van der Waals surface area contributed by atoms with Crippen LogP contribution < -0.4 is 14.9 Å². The van der Waals surface area contributed by atoms with Crippen LogP contribution in [-0.2, 0) is 40.3 Å². The molecule has 5 rings (SSSR count). The highest BCUT2D eigenvalue weighted by Gasteiger charge is 2.58. The highest BCUT2D eigenvalue weighted by molar-refractivity contribution is 7.52. The molecule has 4 aromatic rings. The summed E-state index contributed by atoms with van der Waals surface area (Å²) < 4.78 is 43.2. The molecule has 16 nitrogen and oxygen atoms in total. The predicted molar refractivity (Wildman–Crippen MR) is 181 cm³/mol. The standard InChI is InChI=1S/C34H39N6O10P/c1-3-4-11-18-46-33(44)38-31-26-16-17-28(40(26)37-22-36-31)34(21-35)30(42)29(41)27(49-34)20-48-51(45,50-25-14-9-6-10-15-25)39-23(2)32(43)47-19-24-12-7-5-8-13-24/h5-10,12-17,22-23,27,29-30,41-42H,3-4,11,18-20H2,1-2H3,(H,39,45)(H,36,37,38,44)/t23-,27+,29+,30+,34-,51?/m0/s1. The molecule has 3 heterocycles. The summed E-state index contributed by atoms with van der Waals surface area (Å²) in [6.07, 6.45) is -2.01. The first kappa shape index (κ1) is 37.4. The lowest BCUT2D eigenvalue weighted by Gasteiger charge is -2.25. The van der Waals surface area contributed by atoms with Gasteiger partial charge in [0.05, 0.1) is 18.9 Å². The molecule has 2 aromatic carbocycles. The number of ether oxygens (including phenoxy) is 3. The number of nitrogens with zero attached hydrogens (tertiary/aromatic N) is 4. The van der Waals surface area contributed by atoms with Gasteiger partial charge in [-0.3, -0.25) is 14.6 Å². The monoisotopic (exact) mass is 722 g/mol. The number of nitrogens with one attached hydrogen (secondary N) is 2. The van der Waals surface area contributed by atoms with Crippen LogP contribution in [0.25, 0.3) is 5.52 Å². The Bertz CT molecular complexity index is 1870. The number of hydrogen-bond acceptors (Lipinski definition) is 13. The lowest BCUT2D eigenvalue weighted by molar-refractivity contribution is -0.146. The van der Waals surface area contributed by atoms with Crippen LogP contribution >= 0.6 is 7.75 Å². The number of esters is 1. The average Bonchev–Trinajstić information content (AvgIpc) is 3.68. The predicted octanol–water partition coefficient (Wildman–Crippen LogP) is 4.23. The molecule has 1 fully saturated rings. The van der Waals surface area contributed by atoms with Crippen molar-refractivity contribution in [3.63, 3.8) is 0 Å². The number of fused-ring (bicyclic) bond motifs is 1. The maximum absolute atomic E-state index is 14.1. The molecule has 6 atom stereocenters. The van der Waals surface area contributed by atoms with Gasteiger partial charge in [-0.1, -0.05) is 68.3 Å². The van der Waals surface area contributed by atoms with Crippen LogP contribution in [-0.4, -0.2) is 74.4 Å². The molecule has 0 saturated carbocycles. The van der Waals surface area contributed by atoms with Crippen LogP contribution in [0.1, 0.15) is 44.4 Å². The molecule has 2 aromatic heterocycles. The van der Waals surface area contributed by atoms with Crippen molar-refractivity contribution in [2.75, 3.05) is 18.5 Å². The fourth-order valence-corrected chi connectivity index (χ4v) is 6.80. The molecule has 1 unspecified atom stereocenters. The van der Waals surface area contributed by atoms with Crippen LogP contribution in [0.5, 0.6) is 5.75 Å². The number of carbonyl (C=O) groups is 2. The third kappa shape index (κ3) is 8.89. The lowest BCUT2D eigenvalue weighted by atomic mass is 9.92. The summed E-state index contributed by atoms with van der Waals surface area (Å²) in [5, 5.41) is 42.0. The van der Waals surface area contributed by atoms with Gasteiger partial charge in [0, 0.05) is 0 Å². The molecule has 0 aliphatic carbocycles. The van der Waals surface area contributed by atoms with Crippen LogP contribution in [0.3, 0.4) is 0 Å². The highest BCUT2D eigenvalue weighted by Crippen LogP contribution is 2.47. The first-order chi connectivity index (χ1) is 24.6. The minimum absolute atomic E-state index is 0.00689. The van der Waals surface area contributed by atoms with E-state index in [0.717, 1.165) is 24.7 Å². The molecule has 270 valence electrons. The largest absolute Gasteiger partial charge is 0.460 e. The molecule has 0 bridgehead atoms. The third-order valence-corrected chi connectivity index (χ3v) is 9.61. The molecule has 1 saturated heterocycles. The van der Waals surface area contributed by atoms with E-state index in [1.165, 1.54) is 35.7 Å². The smallest absolute Gasteiger partial charge is 0.459 e. The van der Waals surface area contributed by atoms with Crippen molar-refractivity contribution in [2.24, 2.45) is 0 Å². The summed E-state index contributed by atoms with van der Waals surface area (Å²) in [7, 11) is -4.41. The molecule has 4 N–H and O–H groups in total. The molecule has 1 aliphatic heterocycles. The summed E-state index contributed by atoms with van der Waals surface area (Å²) in [4.78, 5) is 29.3. The van der Waals surface area contributed by atoms with Crippen molar-refractivity contribution in [3.05, 3.63) is 90.4 Å². The Hall–Kier alpha value is -4.88. The van der Waals surface area contributed by atoms with E-state index in [0.29, 0.717) is 6.42 Å². The van der Waals surface area contributed by atoms with Crippen LogP contribution in [0, 0.1) is 11.3 Å². The van der Waals surface area contributed by atoms with Gasteiger partial charge in [-0.25, -0.2) is 18.9 Å². The summed E-state index contributed by atoms with van der Waals surface area (Å²) in [5.41, 5.74) is -1.19. The molecule has 1 amide bonds. The number of carbonyl (C=O) groups excluding carboxylic acids is 2. The van der Waals surface area contributed by atoms with Crippen molar-refractivity contribution in [3.8, 4) is 11.8 Å². The molecule has 17 heteroatoms. The number of para-hydroxylation sites is 1. The fraction of sp³-hybridized carbons (Fsp3) is 0.382. The third-order valence-electron chi connectivity index (χ3n) is 7.97. The minimum atomic E-state index is -4.41. The second-order valence-corrected chi connectivity index (χ2v) is 13.4. The van der Waals surface area contributed by atoms with Gasteiger partial charge >= 0.3 is 19.8 Å². The number of rotatable bonds is 16. The topological polar surface area (TPSA) is 216 Å². The average molecular weight is 723 g/mol. The number of anilines is 1. The van der Waals surface area contributed by atoms with Gasteiger partial charge in [-0.15, -0.1) is 0 Å². The second kappa shape index (κ2) is 16.9. The SMILES string of the molecule is CCCCCOC(=O)Nc1ncnn2c([C@]3(C#N)O[C@H](COP(=O)(N[C@@H](C)C(=O)OCc4ccccc4)Oc4ccccc4)[C@@H](O)[C@H]3O)ccc12. The number of benzene rings is 2. The Labute approximate surface area is 293 Å². The zero-order valence-corrected chi connectivity index (χ0v) is 28.8. The number of hydrogen-bond donors (Lipinski definition) is 4. The molecule has 0 spiro atoms. The number of aromatic nitrogens is 3. The zero-order chi connectivity index (χ0) is 36.4. The number of aliphatic hydroxyl groups is 2. The second-order valence-electron chi connectivity index (χ2n) is 11.7. The van der Waals surface area contributed by atoms with Gasteiger partial charge in [0.1, 0.15) is 54.6 Å². The quantitative estimate of drug-likeness (QED) is 0.0724. The van der Waals surface area contributed by atoms with E-state index < -0.39 is 56.4 Å². The Morgan fingerprint density at radius 1 is 1.08 bits per heavy atom. The summed E-state index contributed by atoms with van der Waals surface area (Å²) in [6, 6.07) is 20.7. The van der Waals surface area contributed by atoms with E-state index in [-0.39, 0.29) is 36.0 Å². The van der Waals surface area contributed by atoms with Crippen molar-refractivity contribution in [1.82, 2.24) is 19.7 Å². The normalized spacial score (nSPS) is 21.7. The van der Waals surface area contributed by atoms with Gasteiger partial charge in [-0.2, -0.15) is 15.4 Å². The van der Waals surface area contributed by atoms with Crippen molar-refractivity contribution < 1.29 is 47.6 Å². The zero-order valence-electron chi connectivity index (χ0n) is 28.0. The number of nitriles is 1. The van der Waals surface area contributed by atoms with Gasteiger partial charge in [0.25, 0.3) is 0 Å². The molecule has 1 aliphatic rings. The van der Waals surface area contributed by atoms with Crippen molar-refractivity contribution >= 4 is 31.1 Å².